The number of anilines is 1. The van der Waals surface area contributed by atoms with Gasteiger partial charge in [-0.2, -0.15) is 0 Å². The minimum atomic E-state index is -4.36. The number of ether oxygens (including phenoxy) is 2. The highest BCUT2D eigenvalue weighted by Gasteiger charge is 2.36. The molecule has 0 radical (unpaired) electrons. The number of aryl methyl sites for hydroxylation is 1. The lowest BCUT2D eigenvalue weighted by Gasteiger charge is -2.34. The predicted molar refractivity (Wildman–Crippen MR) is 194 cm³/mol. The van der Waals surface area contributed by atoms with Crippen molar-refractivity contribution in [3.05, 3.63) is 118 Å². The van der Waals surface area contributed by atoms with Gasteiger partial charge in [0.2, 0.25) is 11.8 Å². The Morgan fingerprint density at radius 3 is 2.18 bits per heavy atom. The molecule has 2 amide bonds. The van der Waals surface area contributed by atoms with E-state index in [0.717, 1.165) is 15.4 Å². The Morgan fingerprint density at radius 2 is 1.57 bits per heavy atom. The normalized spacial score (nSPS) is 11.9. The number of methoxy groups -OCH3 is 2. The monoisotopic (exact) mass is 725 g/mol. The van der Waals surface area contributed by atoms with E-state index in [0.29, 0.717) is 27.9 Å². The molecule has 0 heterocycles. The molecule has 0 aromatic heterocycles. The third kappa shape index (κ3) is 9.68. The van der Waals surface area contributed by atoms with Crippen LogP contribution in [0.25, 0.3) is 0 Å². The predicted octanol–water partition coefficient (Wildman–Crippen LogP) is 6.93. The zero-order valence-corrected chi connectivity index (χ0v) is 30.5. The largest absolute Gasteiger partial charge is 0.497 e. The summed E-state index contributed by atoms with van der Waals surface area (Å²) in [5, 5.41) is 3.67. The molecular weight excluding hydrogens is 685 g/mol. The molecular formula is C37H41Cl2N3O6S. The van der Waals surface area contributed by atoms with Gasteiger partial charge < -0.3 is 19.7 Å². The van der Waals surface area contributed by atoms with Gasteiger partial charge in [0.1, 0.15) is 24.1 Å². The summed E-state index contributed by atoms with van der Waals surface area (Å²) >= 11 is 12.8. The number of carbonyl (C=O) groups is 2. The van der Waals surface area contributed by atoms with Gasteiger partial charge in [-0.25, -0.2) is 8.42 Å². The van der Waals surface area contributed by atoms with E-state index in [2.05, 4.69) is 5.32 Å². The van der Waals surface area contributed by atoms with Crippen LogP contribution in [0.1, 0.15) is 30.5 Å². The van der Waals surface area contributed by atoms with Gasteiger partial charge in [0.15, 0.2) is 0 Å². The maximum Gasteiger partial charge on any atom is 0.264 e. The first kappa shape index (κ1) is 37.6. The zero-order valence-electron chi connectivity index (χ0n) is 28.2. The number of nitrogens with one attached hydrogen (secondary N) is 1. The number of hydrogen-bond acceptors (Lipinski definition) is 6. The number of halogens is 2. The molecule has 260 valence electrons. The molecule has 0 aliphatic heterocycles. The van der Waals surface area contributed by atoms with Crippen LogP contribution in [0.15, 0.2) is 95.9 Å². The number of sulfonamides is 1. The number of nitrogens with zero attached hydrogens (tertiary/aromatic N) is 2. The summed E-state index contributed by atoms with van der Waals surface area (Å²) in [5.41, 5.74) is 2.29. The molecule has 4 aromatic rings. The van der Waals surface area contributed by atoms with Crippen molar-refractivity contribution >= 4 is 50.7 Å². The lowest BCUT2D eigenvalue weighted by molar-refractivity contribution is -0.140. The molecule has 9 nitrogen and oxygen atoms in total. The molecule has 0 fully saturated rings. The van der Waals surface area contributed by atoms with E-state index in [9.17, 15) is 18.0 Å². The fourth-order valence-electron chi connectivity index (χ4n) is 5.15. The van der Waals surface area contributed by atoms with Crippen molar-refractivity contribution in [1.82, 2.24) is 10.2 Å². The van der Waals surface area contributed by atoms with Gasteiger partial charge in [0.05, 0.1) is 24.8 Å². The SMILES string of the molecule is COc1ccc(OC)c(N(CC(=O)N(Cc2ccc(Cl)cc2Cl)C(Cc2ccccc2)C(=O)NCC(C)C)S(=O)(=O)c2ccc(C)cc2)c1. The van der Waals surface area contributed by atoms with Crippen molar-refractivity contribution in [3.8, 4) is 11.5 Å². The van der Waals surface area contributed by atoms with E-state index in [1.807, 2.05) is 51.1 Å². The second-order valence-corrected chi connectivity index (χ2v) is 14.7. The maximum atomic E-state index is 14.8. The first-order valence-electron chi connectivity index (χ1n) is 15.7. The second kappa shape index (κ2) is 16.9. The highest BCUT2D eigenvalue weighted by Crippen LogP contribution is 2.36. The molecule has 49 heavy (non-hydrogen) atoms. The lowest BCUT2D eigenvalue weighted by atomic mass is 10.0. The van der Waals surface area contributed by atoms with Crippen LogP contribution in [-0.2, 0) is 32.6 Å². The van der Waals surface area contributed by atoms with Gasteiger partial charge in [-0.05, 0) is 60.4 Å². The van der Waals surface area contributed by atoms with Crippen LogP contribution in [0.3, 0.4) is 0 Å². The van der Waals surface area contributed by atoms with Gasteiger partial charge >= 0.3 is 0 Å². The molecule has 0 bridgehead atoms. The molecule has 4 rings (SSSR count). The number of hydrogen-bond donors (Lipinski definition) is 1. The highest BCUT2D eigenvalue weighted by atomic mass is 35.5. The molecule has 4 aromatic carbocycles. The summed E-state index contributed by atoms with van der Waals surface area (Å²) < 4.78 is 40.9. The van der Waals surface area contributed by atoms with Crippen LogP contribution in [-0.4, -0.2) is 58.5 Å². The van der Waals surface area contributed by atoms with Crippen molar-refractivity contribution < 1.29 is 27.5 Å². The molecule has 1 unspecified atom stereocenters. The molecule has 0 aliphatic carbocycles. The van der Waals surface area contributed by atoms with Gasteiger partial charge in [0, 0.05) is 35.6 Å². The fourth-order valence-corrected chi connectivity index (χ4v) is 7.04. The summed E-state index contributed by atoms with van der Waals surface area (Å²) in [7, 11) is -1.50. The summed E-state index contributed by atoms with van der Waals surface area (Å²) in [5.74, 6) is -0.332. The lowest BCUT2D eigenvalue weighted by Crippen LogP contribution is -2.53. The van der Waals surface area contributed by atoms with Gasteiger partial charge in [0.25, 0.3) is 10.0 Å². The third-order valence-electron chi connectivity index (χ3n) is 7.85. The summed E-state index contributed by atoms with van der Waals surface area (Å²) in [6.45, 7) is 5.39. The van der Waals surface area contributed by atoms with E-state index >= 15 is 0 Å². The van der Waals surface area contributed by atoms with E-state index in [1.165, 1.54) is 37.3 Å². The Kier molecular flexibility index (Phi) is 13.0. The van der Waals surface area contributed by atoms with Crippen LogP contribution in [0, 0.1) is 12.8 Å². The number of rotatable bonds is 15. The highest BCUT2D eigenvalue weighted by molar-refractivity contribution is 7.92. The van der Waals surface area contributed by atoms with Gasteiger partial charge in [-0.15, -0.1) is 0 Å². The average molecular weight is 727 g/mol. The smallest absolute Gasteiger partial charge is 0.264 e. The average Bonchev–Trinajstić information content (AvgIpc) is 3.08. The van der Waals surface area contributed by atoms with Crippen LogP contribution in [0.2, 0.25) is 10.0 Å². The van der Waals surface area contributed by atoms with Crippen LogP contribution in [0.4, 0.5) is 5.69 Å². The van der Waals surface area contributed by atoms with Crippen molar-refractivity contribution in [2.45, 2.75) is 44.7 Å². The molecule has 1 N–H and O–H groups in total. The van der Waals surface area contributed by atoms with Crippen molar-refractivity contribution in [2.24, 2.45) is 5.92 Å². The Morgan fingerprint density at radius 1 is 0.878 bits per heavy atom. The van der Waals surface area contributed by atoms with E-state index < -0.39 is 28.5 Å². The number of benzene rings is 4. The van der Waals surface area contributed by atoms with Crippen molar-refractivity contribution in [3.63, 3.8) is 0 Å². The van der Waals surface area contributed by atoms with Crippen LogP contribution < -0.4 is 19.1 Å². The topological polar surface area (TPSA) is 105 Å². The second-order valence-electron chi connectivity index (χ2n) is 12.0. The van der Waals surface area contributed by atoms with Crippen LogP contribution >= 0.6 is 23.2 Å². The van der Waals surface area contributed by atoms with E-state index in [1.54, 1.807) is 42.5 Å². The molecule has 0 aliphatic rings. The quantitative estimate of drug-likeness (QED) is 0.143. The zero-order chi connectivity index (χ0) is 35.7. The van der Waals surface area contributed by atoms with Crippen molar-refractivity contribution in [2.75, 3.05) is 31.6 Å². The van der Waals surface area contributed by atoms with E-state index in [4.69, 9.17) is 32.7 Å². The number of amides is 2. The Hall–Kier alpha value is -4.25. The minimum absolute atomic E-state index is 0.0291. The molecule has 12 heteroatoms. The fraction of sp³-hybridized carbons (Fsp3) is 0.297. The van der Waals surface area contributed by atoms with Crippen LogP contribution in [0.5, 0.6) is 11.5 Å². The van der Waals surface area contributed by atoms with Crippen molar-refractivity contribution in [1.29, 1.82) is 0 Å². The standard InChI is InChI=1S/C37H41Cl2N3O6S/c1-25(2)22-40-37(44)34(19-27-9-7-6-8-10-27)41(23-28-13-14-29(38)20-32(28)39)36(43)24-42(33-21-30(47-4)15-18-35(33)48-5)49(45,46)31-16-11-26(3)12-17-31/h6-18,20-21,25,34H,19,22-24H2,1-5H3,(H,40,44). The summed E-state index contributed by atoms with van der Waals surface area (Å²) in [4.78, 5) is 30.1. The molecule has 0 saturated carbocycles. The first-order valence-corrected chi connectivity index (χ1v) is 17.9. The van der Waals surface area contributed by atoms with E-state index in [-0.39, 0.29) is 41.1 Å². The Balaban J connectivity index is 1.88. The Bertz CT molecular complexity index is 1850. The maximum absolute atomic E-state index is 14.8. The van der Waals surface area contributed by atoms with Gasteiger partial charge in [-0.3, -0.25) is 13.9 Å². The molecule has 0 saturated heterocycles. The molecule has 0 spiro atoms. The summed E-state index contributed by atoms with van der Waals surface area (Å²) in [6, 6.07) is 24.2. The third-order valence-corrected chi connectivity index (χ3v) is 10.2. The summed E-state index contributed by atoms with van der Waals surface area (Å²) in [6.07, 6.45) is 0.162. The minimum Gasteiger partial charge on any atom is -0.497 e. The Labute approximate surface area is 298 Å². The number of carbonyl (C=O) groups excluding carboxylic acids is 2. The first-order chi connectivity index (χ1) is 23.3. The van der Waals surface area contributed by atoms with Gasteiger partial charge in [-0.1, -0.05) is 91.1 Å². The molecule has 1 atom stereocenters.